The van der Waals surface area contributed by atoms with Gasteiger partial charge in [0.1, 0.15) is 0 Å². The summed E-state index contributed by atoms with van der Waals surface area (Å²) in [6, 6.07) is 20.6. The quantitative estimate of drug-likeness (QED) is 0.366. The van der Waals surface area contributed by atoms with Crippen molar-refractivity contribution in [3.8, 4) is 11.5 Å². The Balaban J connectivity index is 1.51. The SMILES string of the molecule is COc1cc2c(cc1OC)C(c1ccccc1)N(Cc1nnc3n(C)c(=O)c4cc(C)ccc4n13)CC2. The van der Waals surface area contributed by atoms with Crippen molar-refractivity contribution in [1.82, 2.24) is 24.1 Å². The number of hydrogen-bond acceptors (Lipinski definition) is 6. The van der Waals surface area contributed by atoms with E-state index in [-0.39, 0.29) is 11.6 Å². The zero-order valence-corrected chi connectivity index (χ0v) is 21.4. The molecule has 188 valence electrons. The highest BCUT2D eigenvalue weighted by atomic mass is 16.5. The topological polar surface area (TPSA) is 73.9 Å². The molecule has 0 saturated heterocycles. The molecule has 0 amide bonds. The van der Waals surface area contributed by atoms with Crippen molar-refractivity contribution in [2.24, 2.45) is 7.05 Å². The second-order valence-electron chi connectivity index (χ2n) is 9.58. The predicted molar refractivity (Wildman–Crippen MR) is 142 cm³/mol. The van der Waals surface area contributed by atoms with Gasteiger partial charge >= 0.3 is 0 Å². The Labute approximate surface area is 214 Å². The van der Waals surface area contributed by atoms with E-state index in [0.717, 1.165) is 35.6 Å². The third-order valence-electron chi connectivity index (χ3n) is 7.37. The second kappa shape index (κ2) is 9.05. The van der Waals surface area contributed by atoms with Gasteiger partial charge < -0.3 is 9.47 Å². The van der Waals surface area contributed by atoms with Gasteiger partial charge in [0.05, 0.1) is 37.7 Å². The summed E-state index contributed by atoms with van der Waals surface area (Å²) in [5.41, 5.74) is 5.43. The third kappa shape index (κ3) is 3.76. The highest BCUT2D eigenvalue weighted by Gasteiger charge is 2.31. The maximum atomic E-state index is 13.0. The van der Waals surface area contributed by atoms with Crippen molar-refractivity contribution < 1.29 is 9.47 Å². The number of ether oxygens (including phenoxy) is 2. The largest absolute Gasteiger partial charge is 0.493 e. The number of hydrogen-bond donors (Lipinski definition) is 0. The van der Waals surface area contributed by atoms with Crippen LogP contribution in [0.15, 0.2) is 65.5 Å². The molecule has 0 fully saturated rings. The first kappa shape index (κ1) is 23.2. The lowest BCUT2D eigenvalue weighted by molar-refractivity contribution is 0.198. The minimum absolute atomic E-state index is 0.00172. The molecule has 8 heteroatoms. The summed E-state index contributed by atoms with van der Waals surface area (Å²) in [7, 11) is 5.09. The summed E-state index contributed by atoms with van der Waals surface area (Å²) >= 11 is 0. The van der Waals surface area contributed by atoms with Crippen molar-refractivity contribution in [3.63, 3.8) is 0 Å². The molecule has 0 spiro atoms. The Hall–Kier alpha value is -4.17. The maximum Gasteiger partial charge on any atom is 0.262 e. The van der Waals surface area contributed by atoms with Crippen LogP contribution in [-0.4, -0.2) is 44.8 Å². The molecule has 0 saturated carbocycles. The Morgan fingerprint density at radius 3 is 2.49 bits per heavy atom. The predicted octanol–water partition coefficient (Wildman–Crippen LogP) is 4.05. The number of aryl methyl sites for hydroxylation is 2. The van der Waals surface area contributed by atoms with Gasteiger partial charge in [0.2, 0.25) is 5.78 Å². The summed E-state index contributed by atoms with van der Waals surface area (Å²) in [4.78, 5) is 15.5. The van der Waals surface area contributed by atoms with Gasteiger partial charge in [-0.15, -0.1) is 10.2 Å². The van der Waals surface area contributed by atoms with E-state index in [1.807, 2.05) is 35.6 Å². The molecule has 3 heterocycles. The molecule has 2 aromatic heterocycles. The molecule has 8 nitrogen and oxygen atoms in total. The van der Waals surface area contributed by atoms with Crippen LogP contribution in [0.1, 0.15) is 34.1 Å². The van der Waals surface area contributed by atoms with Crippen molar-refractivity contribution >= 4 is 16.7 Å². The van der Waals surface area contributed by atoms with Gasteiger partial charge in [-0.1, -0.05) is 42.0 Å². The van der Waals surface area contributed by atoms with E-state index < -0.39 is 0 Å². The molecular weight excluding hydrogens is 466 g/mol. The molecule has 0 radical (unpaired) electrons. The van der Waals surface area contributed by atoms with Gasteiger partial charge in [0, 0.05) is 13.6 Å². The number of methoxy groups -OCH3 is 2. The lowest BCUT2D eigenvalue weighted by atomic mass is 9.87. The fourth-order valence-corrected chi connectivity index (χ4v) is 5.54. The highest BCUT2D eigenvalue weighted by Crippen LogP contribution is 2.41. The smallest absolute Gasteiger partial charge is 0.262 e. The average Bonchev–Trinajstić information content (AvgIpc) is 3.34. The highest BCUT2D eigenvalue weighted by molar-refractivity contribution is 5.81. The molecule has 6 rings (SSSR count). The lowest BCUT2D eigenvalue weighted by Gasteiger charge is -2.37. The Bertz CT molecular complexity index is 1690. The Kier molecular flexibility index (Phi) is 5.68. The first-order chi connectivity index (χ1) is 18.0. The molecule has 5 aromatic rings. The number of nitrogens with zero attached hydrogens (tertiary/aromatic N) is 5. The number of rotatable bonds is 5. The van der Waals surface area contributed by atoms with Gasteiger partial charge in [-0.3, -0.25) is 18.7 Å². The van der Waals surface area contributed by atoms with Crippen molar-refractivity contribution in [1.29, 1.82) is 0 Å². The molecule has 1 atom stereocenters. The zero-order chi connectivity index (χ0) is 25.7. The molecule has 0 bridgehead atoms. The molecule has 0 aliphatic carbocycles. The van der Waals surface area contributed by atoms with E-state index in [4.69, 9.17) is 9.47 Å². The molecule has 1 unspecified atom stereocenters. The fraction of sp³-hybridized carbons (Fsp3) is 0.276. The fourth-order valence-electron chi connectivity index (χ4n) is 5.54. The van der Waals surface area contributed by atoms with Gasteiger partial charge in [-0.25, -0.2) is 0 Å². The summed E-state index contributed by atoms with van der Waals surface area (Å²) in [6.07, 6.45) is 0.869. The molecule has 1 aliphatic heterocycles. The van der Waals surface area contributed by atoms with Crippen LogP contribution in [0.4, 0.5) is 0 Å². The van der Waals surface area contributed by atoms with Crippen LogP contribution in [0.25, 0.3) is 16.7 Å². The standard InChI is InChI=1S/C29H29N5O3/c1-18-10-11-23-22(14-18)28(35)32(2)29-31-30-26(34(23)29)17-33-13-12-20-15-24(36-3)25(37-4)16-21(20)27(33)19-8-6-5-7-9-19/h5-11,14-16,27H,12-13,17H2,1-4H3. The lowest BCUT2D eigenvalue weighted by Crippen LogP contribution is -2.36. The van der Waals surface area contributed by atoms with E-state index >= 15 is 0 Å². The average molecular weight is 496 g/mol. The second-order valence-corrected chi connectivity index (χ2v) is 9.58. The molecule has 37 heavy (non-hydrogen) atoms. The number of fused-ring (bicyclic) bond motifs is 4. The Morgan fingerprint density at radius 2 is 1.73 bits per heavy atom. The van der Waals surface area contributed by atoms with E-state index in [1.54, 1.807) is 25.8 Å². The van der Waals surface area contributed by atoms with Crippen molar-refractivity contribution in [2.45, 2.75) is 25.9 Å². The Morgan fingerprint density at radius 1 is 0.973 bits per heavy atom. The molecule has 0 N–H and O–H groups in total. The van der Waals surface area contributed by atoms with Gasteiger partial charge in [0.15, 0.2) is 17.3 Å². The van der Waals surface area contributed by atoms with E-state index in [9.17, 15) is 4.79 Å². The maximum absolute atomic E-state index is 13.0. The van der Waals surface area contributed by atoms with E-state index in [1.165, 1.54) is 16.7 Å². The van der Waals surface area contributed by atoms with Crippen molar-refractivity contribution in [3.05, 3.63) is 99.1 Å². The minimum atomic E-state index is -0.0692. The first-order valence-electron chi connectivity index (χ1n) is 12.4. The summed E-state index contributed by atoms with van der Waals surface area (Å²) in [5.74, 6) is 2.79. The van der Waals surface area contributed by atoms with Crippen molar-refractivity contribution in [2.75, 3.05) is 20.8 Å². The van der Waals surface area contributed by atoms with Crippen LogP contribution >= 0.6 is 0 Å². The summed E-state index contributed by atoms with van der Waals surface area (Å²) in [5, 5.41) is 9.66. The third-order valence-corrected chi connectivity index (χ3v) is 7.37. The first-order valence-corrected chi connectivity index (χ1v) is 12.4. The monoisotopic (exact) mass is 495 g/mol. The van der Waals surface area contributed by atoms with Crippen LogP contribution in [0.2, 0.25) is 0 Å². The van der Waals surface area contributed by atoms with Gasteiger partial charge in [-0.05, 0) is 54.3 Å². The van der Waals surface area contributed by atoms with Crippen LogP contribution in [0, 0.1) is 6.92 Å². The zero-order valence-electron chi connectivity index (χ0n) is 21.4. The minimum Gasteiger partial charge on any atom is -0.493 e. The van der Waals surface area contributed by atoms with Gasteiger partial charge in [-0.2, -0.15) is 0 Å². The van der Waals surface area contributed by atoms with Crippen LogP contribution in [-0.2, 0) is 20.0 Å². The summed E-state index contributed by atoms with van der Waals surface area (Å²) in [6.45, 7) is 3.39. The van der Waals surface area contributed by atoms with Crippen LogP contribution < -0.4 is 15.0 Å². The molecular formula is C29H29N5O3. The normalized spacial score (nSPS) is 15.7. The van der Waals surface area contributed by atoms with Crippen LogP contribution in [0.5, 0.6) is 11.5 Å². The summed E-state index contributed by atoms with van der Waals surface area (Å²) < 4.78 is 14.8. The number of aromatic nitrogens is 4. The molecule has 3 aromatic carbocycles. The number of benzene rings is 3. The van der Waals surface area contributed by atoms with E-state index in [0.29, 0.717) is 23.5 Å². The van der Waals surface area contributed by atoms with Gasteiger partial charge in [0.25, 0.3) is 5.56 Å². The van der Waals surface area contributed by atoms with Crippen LogP contribution in [0.3, 0.4) is 0 Å². The molecule has 1 aliphatic rings. The van der Waals surface area contributed by atoms with E-state index in [2.05, 4.69) is 51.5 Å².